The lowest BCUT2D eigenvalue weighted by atomic mass is 9.96. The van der Waals surface area contributed by atoms with Gasteiger partial charge in [-0.05, 0) is 0 Å². The van der Waals surface area contributed by atoms with Crippen molar-refractivity contribution in [1.82, 2.24) is 0 Å². The molecule has 206 valence electrons. The second kappa shape index (κ2) is 12.3. The van der Waals surface area contributed by atoms with E-state index in [9.17, 15) is 51.1 Å². The van der Waals surface area contributed by atoms with Gasteiger partial charge in [0, 0.05) is 7.11 Å². The number of hydrogen-bond donors (Lipinski definition) is 10. The highest BCUT2D eigenvalue weighted by atomic mass is 16.8. The molecular weight excluding hydrogens is 484 g/mol. The molecule has 0 spiro atoms. The maximum absolute atomic E-state index is 10.8. The van der Waals surface area contributed by atoms with Crippen LogP contribution in [0.25, 0.3) is 0 Å². The van der Waals surface area contributed by atoms with Gasteiger partial charge in [0.1, 0.15) is 73.2 Å². The quantitative estimate of drug-likeness (QED) is 0.143. The van der Waals surface area contributed by atoms with E-state index in [-0.39, 0.29) is 0 Å². The summed E-state index contributed by atoms with van der Waals surface area (Å²) in [5.41, 5.74) is 0. The maximum atomic E-state index is 10.8. The monoisotopic (exact) mass is 518 g/mol. The zero-order valence-electron chi connectivity index (χ0n) is 18.7. The highest BCUT2D eigenvalue weighted by Gasteiger charge is 2.54. The first-order valence-corrected chi connectivity index (χ1v) is 11.0. The van der Waals surface area contributed by atoms with Crippen molar-refractivity contribution >= 4 is 0 Å². The van der Waals surface area contributed by atoms with Crippen molar-refractivity contribution in [3.8, 4) is 0 Å². The van der Waals surface area contributed by atoms with Crippen molar-refractivity contribution < 1.29 is 79.5 Å². The van der Waals surface area contributed by atoms with Crippen molar-refractivity contribution in [2.45, 2.75) is 92.1 Å². The number of aliphatic hydroxyl groups excluding tert-OH is 10. The van der Waals surface area contributed by atoms with E-state index >= 15 is 0 Å². The third-order valence-corrected chi connectivity index (χ3v) is 6.31. The molecule has 16 heteroatoms. The van der Waals surface area contributed by atoms with Gasteiger partial charge in [-0.1, -0.05) is 0 Å². The Labute approximate surface area is 199 Å². The summed E-state index contributed by atoms with van der Waals surface area (Å²) in [4.78, 5) is 0. The average Bonchev–Trinajstić information content (AvgIpc) is 2.86. The molecule has 0 radical (unpaired) electrons. The fourth-order valence-electron chi connectivity index (χ4n) is 4.20. The highest BCUT2D eigenvalue weighted by molar-refractivity contribution is 4.96. The molecule has 3 heterocycles. The molecule has 3 aliphatic rings. The molecule has 0 aromatic heterocycles. The Hall–Kier alpha value is -0.640. The molecule has 15 atom stereocenters. The molecule has 10 N–H and O–H groups in total. The lowest BCUT2D eigenvalue weighted by Gasteiger charge is -2.48. The van der Waals surface area contributed by atoms with Gasteiger partial charge in [0.15, 0.2) is 18.9 Å². The number of hydrogen-bond acceptors (Lipinski definition) is 16. The maximum Gasteiger partial charge on any atom is 0.187 e. The van der Waals surface area contributed by atoms with Gasteiger partial charge >= 0.3 is 0 Å². The Morgan fingerprint density at radius 2 is 0.857 bits per heavy atom. The Balaban J connectivity index is 1.86. The smallest absolute Gasteiger partial charge is 0.187 e. The number of methoxy groups -OCH3 is 1. The van der Waals surface area contributed by atoms with Crippen LogP contribution in [0, 0.1) is 0 Å². The summed E-state index contributed by atoms with van der Waals surface area (Å²) in [6, 6.07) is 0. The molecule has 3 aliphatic heterocycles. The lowest BCUT2D eigenvalue weighted by Crippen LogP contribution is -2.67. The SMILES string of the molecule is CO[C@H]1O[C@H](CO)[C@@H](O)[C@H](O[C@@H]2O[C@H](CO)[C@@H](O)[C@H](O)[C@H]2O)[C@H]1O[C@@H]1O[C@H](CO)[C@@H](O)[C@H](O)[C@H]1O. The van der Waals surface area contributed by atoms with E-state index in [0.29, 0.717) is 0 Å². The fraction of sp³-hybridized carbons (Fsp3) is 1.00. The Morgan fingerprint density at radius 3 is 1.26 bits per heavy atom. The molecular formula is C19H34O16. The van der Waals surface area contributed by atoms with Crippen LogP contribution < -0.4 is 0 Å². The van der Waals surface area contributed by atoms with Gasteiger partial charge in [0.2, 0.25) is 0 Å². The molecule has 0 aromatic rings. The molecule has 0 aliphatic carbocycles. The summed E-state index contributed by atoms with van der Waals surface area (Å²) in [6.07, 6.45) is -24.1. The topological polar surface area (TPSA) is 258 Å². The Morgan fingerprint density at radius 1 is 0.486 bits per heavy atom. The van der Waals surface area contributed by atoms with E-state index in [0.717, 1.165) is 0 Å². The van der Waals surface area contributed by atoms with Crippen molar-refractivity contribution in [3.05, 3.63) is 0 Å². The molecule has 0 bridgehead atoms. The Kier molecular flexibility index (Phi) is 10.1. The van der Waals surface area contributed by atoms with Crippen molar-refractivity contribution in [1.29, 1.82) is 0 Å². The van der Waals surface area contributed by atoms with Crippen LogP contribution in [0.4, 0.5) is 0 Å². The van der Waals surface area contributed by atoms with Crippen molar-refractivity contribution in [2.75, 3.05) is 26.9 Å². The normalized spacial score (nSPS) is 51.3. The number of aliphatic hydroxyl groups is 10. The van der Waals surface area contributed by atoms with E-state index in [2.05, 4.69) is 0 Å². The molecule has 16 nitrogen and oxygen atoms in total. The third kappa shape index (κ3) is 5.78. The number of ether oxygens (including phenoxy) is 6. The lowest BCUT2D eigenvalue weighted by molar-refractivity contribution is -0.390. The average molecular weight is 518 g/mol. The van der Waals surface area contributed by atoms with Crippen LogP contribution in [0.2, 0.25) is 0 Å². The summed E-state index contributed by atoms with van der Waals surface area (Å²) in [6.45, 7) is -2.19. The van der Waals surface area contributed by atoms with E-state index in [4.69, 9.17) is 28.4 Å². The largest absolute Gasteiger partial charge is 0.394 e. The predicted octanol–water partition coefficient (Wildman–Crippen LogP) is -6.92. The minimum Gasteiger partial charge on any atom is -0.394 e. The molecule has 0 aromatic carbocycles. The van der Waals surface area contributed by atoms with Gasteiger partial charge < -0.3 is 79.5 Å². The summed E-state index contributed by atoms with van der Waals surface area (Å²) in [5, 5.41) is 99.9. The van der Waals surface area contributed by atoms with Crippen LogP contribution in [0.5, 0.6) is 0 Å². The molecule has 0 unspecified atom stereocenters. The highest BCUT2D eigenvalue weighted by Crippen LogP contribution is 2.33. The molecule has 35 heavy (non-hydrogen) atoms. The van der Waals surface area contributed by atoms with Crippen molar-refractivity contribution in [3.63, 3.8) is 0 Å². The third-order valence-electron chi connectivity index (χ3n) is 6.31. The Bertz CT molecular complexity index is 652. The van der Waals surface area contributed by atoms with Crippen LogP contribution in [-0.4, -0.2) is 170 Å². The first-order chi connectivity index (χ1) is 16.6. The minimum atomic E-state index is -1.84. The van der Waals surface area contributed by atoms with Crippen LogP contribution in [0.3, 0.4) is 0 Å². The molecule has 0 saturated carbocycles. The zero-order chi connectivity index (χ0) is 26.0. The molecule has 3 fully saturated rings. The molecule has 3 saturated heterocycles. The van der Waals surface area contributed by atoms with Gasteiger partial charge in [-0.15, -0.1) is 0 Å². The van der Waals surface area contributed by atoms with E-state index in [1.165, 1.54) is 7.11 Å². The van der Waals surface area contributed by atoms with Gasteiger partial charge in [0.25, 0.3) is 0 Å². The van der Waals surface area contributed by atoms with Gasteiger partial charge in [-0.2, -0.15) is 0 Å². The fourth-order valence-corrected chi connectivity index (χ4v) is 4.20. The van der Waals surface area contributed by atoms with E-state index in [1.807, 2.05) is 0 Å². The summed E-state index contributed by atoms with van der Waals surface area (Å²) in [5.74, 6) is 0. The minimum absolute atomic E-state index is 0.706. The summed E-state index contributed by atoms with van der Waals surface area (Å²) < 4.78 is 32.6. The van der Waals surface area contributed by atoms with Crippen LogP contribution in [0.1, 0.15) is 0 Å². The standard InChI is InChI=1S/C19H34O16/c1-30-19-16(35-18-14(29)12(27)9(24)6(3-21)32-18)15(10(25)7(4-22)33-19)34-17-13(28)11(26)8(23)5(2-20)31-17/h5-29H,2-4H2,1H3/t5-,6-,7-,8-,9-,10-,11+,12+,13-,14-,15+,16-,17+,18+,19+/m1/s1. The van der Waals surface area contributed by atoms with Gasteiger partial charge in [0.05, 0.1) is 19.8 Å². The zero-order valence-corrected chi connectivity index (χ0v) is 18.7. The van der Waals surface area contributed by atoms with Gasteiger partial charge in [-0.3, -0.25) is 0 Å². The second-order valence-corrected chi connectivity index (χ2v) is 8.55. The van der Waals surface area contributed by atoms with Crippen LogP contribution in [0.15, 0.2) is 0 Å². The van der Waals surface area contributed by atoms with Gasteiger partial charge in [-0.25, -0.2) is 0 Å². The van der Waals surface area contributed by atoms with Crippen molar-refractivity contribution in [2.24, 2.45) is 0 Å². The second-order valence-electron chi connectivity index (χ2n) is 8.55. The summed E-state index contributed by atoms with van der Waals surface area (Å²) in [7, 11) is 1.19. The first-order valence-electron chi connectivity index (χ1n) is 11.0. The predicted molar refractivity (Wildman–Crippen MR) is 106 cm³/mol. The first kappa shape index (κ1) is 28.9. The molecule has 0 amide bonds. The van der Waals surface area contributed by atoms with E-state index in [1.54, 1.807) is 0 Å². The number of rotatable bonds is 8. The van der Waals surface area contributed by atoms with Crippen LogP contribution in [-0.2, 0) is 28.4 Å². The van der Waals surface area contributed by atoms with E-state index < -0.39 is 112 Å². The van der Waals surface area contributed by atoms with Crippen LogP contribution >= 0.6 is 0 Å². The molecule has 3 rings (SSSR count). The summed E-state index contributed by atoms with van der Waals surface area (Å²) >= 11 is 0.